The summed E-state index contributed by atoms with van der Waals surface area (Å²) in [7, 11) is 0. The fourth-order valence-electron chi connectivity index (χ4n) is 5.89. The van der Waals surface area contributed by atoms with Crippen LogP contribution in [0.3, 0.4) is 0 Å². The van der Waals surface area contributed by atoms with Crippen LogP contribution in [0.15, 0.2) is 12.4 Å². The highest BCUT2D eigenvalue weighted by Crippen LogP contribution is 2.34. The number of piperidine rings is 1. The summed E-state index contributed by atoms with van der Waals surface area (Å²) in [6.07, 6.45) is 14.5. The Bertz CT molecular complexity index is 659. The Kier molecular flexibility index (Phi) is 8.78. The third kappa shape index (κ3) is 6.00. The summed E-state index contributed by atoms with van der Waals surface area (Å²) in [4.78, 5) is 17.5. The van der Waals surface area contributed by atoms with E-state index in [0.29, 0.717) is 24.0 Å². The molecule has 0 radical (unpaired) electrons. The molecule has 2 unspecified atom stereocenters. The number of anilines is 1. The molecular weight excluding hydrogens is 398 g/mol. The average Bonchev–Trinajstić information content (AvgIpc) is 3.07. The highest BCUT2D eigenvalue weighted by Gasteiger charge is 2.41. The normalized spacial score (nSPS) is 25.2. The maximum atomic E-state index is 5.43. The SMILES string of the molecule is CCOCCCCCCN1CCC(c2cnc(N3C4CCC3CN(C(C)C)C4)nc2)CC1. The molecule has 2 atom stereocenters. The first-order valence-corrected chi connectivity index (χ1v) is 13.3. The second-order valence-corrected chi connectivity index (χ2v) is 10.4. The van der Waals surface area contributed by atoms with E-state index < -0.39 is 0 Å². The van der Waals surface area contributed by atoms with Crippen LogP contribution in [0.25, 0.3) is 0 Å². The Labute approximate surface area is 195 Å². The lowest BCUT2D eigenvalue weighted by Gasteiger charge is -2.42. The first-order valence-electron chi connectivity index (χ1n) is 13.3. The second-order valence-electron chi connectivity index (χ2n) is 10.4. The summed E-state index contributed by atoms with van der Waals surface area (Å²) < 4.78 is 5.43. The molecule has 3 aliphatic rings. The number of ether oxygens (including phenoxy) is 1. The molecule has 3 saturated heterocycles. The fraction of sp³-hybridized carbons (Fsp3) is 0.846. The minimum Gasteiger partial charge on any atom is -0.382 e. The zero-order valence-corrected chi connectivity index (χ0v) is 20.7. The van der Waals surface area contributed by atoms with Gasteiger partial charge in [0.15, 0.2) is 0 Å². The minimum atomic E-state index is 0.587. The largest absolute Gasteiger partial charge is 0.382 e. The lowest BCUT2D eigenvalue weighted by molar-refractivity contribution is 0.142. The van der Waals surface area contributed by atoms with Crippen LogP contribution in [-0.4, -0.2) is 83.8 Å². The Morgan fingerprint density at radius 3 is 2.22 bits per heavy atom. The van der Waals surface area contributed by atoms with E-state index >= 15 is 0 Å². The number of rotatable bonds is 11. The maximum absolute atomic E-state index is 5.43. The van der Waals surface area contributed by atoms with Crippen molar-refractivity contribution in [1.82, 2.24) is 19.8 Å². The molecule has 2 bridgehead atoms. The number of piperazine rings is 1. The third-order valence-corrected chi connectivity index (χ3v) is 7.91. The molecule has 4 heterocycles. The van der Waals surface area contributed by atoms with Gasteiger partial charge in [0.25, 0.3) is 0 Å². The summed E-state index contributed by atoms with van der Waals surface area (Å²) in [5.74, 6) is 1.59. The molecule has 6 nitrogen and oxygen atoms in total. The monoisotopic (exact) mass is 443 g/mol. The van der Waals surface area contributed by atoms with Crippen LogP contribution in [0.5, 0.6) is 0 Å². The van der Waals surface area contributed by atoms with Gasteiger partial charge in [-0.25, -0.2) is 9.97 Å². The number of hydrogen-bond acceptors (Lipinski definition) is 6. The van der Waals surface area contributed by atoms with Crippen molar-refractivity contribution in [3.8, 4) is 0 Å². The average molecular weight is 444 g/mol. The second kappa shape index (κ2) is 11.8. The van der Waals surface area contributed by atoms with E-state index in [9.17, 15) is 0 Å². The van der Waals surface area contributed by atoms with Gasteiger partial charge >= 0.3 is 0 Å². The molecule has 0 aliphatic carbocycles. The standard InChI is InChI=1S/C26H45N5O/c1-4-32-16-8-6-5-7-13-29-14-11-22(12-15-29)23-17-27-26(28-18-23)31-24-9-10-25(31)20-30(19-24)21(2)3/h17-18,21-22,24-25H,4-16,19-20H2,1-3H3. The van der Waals surface area contributed by atoms with Crippen LogP contribution in [0.2, 0.25) is 0 Å². The van der Waals surface area contributed by atoms with Gasteiger partial charge in [-0.2, -0.15) is 0 Å². The third-order valence-electron chi connectivity index (χ3n) is 7.91. The molecule has 32 heavy (non-hydrogen) atoms. The summed E-state index contributed by atoms with van der Waals surface area (Å²) in [5, 5.41) is 0. The molecule has 0 spiro atoms. The van der Waals surface area contributed by atoms with Gasteiger partial charge in [-0.05, 0) is 90.4 Å². The Morgan fingerprint density at radius 2 is 1.59 bits per heavy atom. The highest BCUT2D eigenvalue weighted by atomic mass is 16.5. The van der Waals surface area contributed by atoms with Crippen molar-refractivity contribution in [1.29, 1.82) is 0 Å². The van der Waals surface area contributed by atoms with Crippen LogP contribution >= 0.6 is 0 Å². The van der Waals surface area contributed by atoms with E-state index in [1.165, 1.54) is 76.6 Å². The topological polar surface area (TPSA) is 44.7 Å². The Morgan fingerprint density at radius 1 is 0.938 bits per heavy atom. The van der Waals surface area contributed by atoms with Crippen molar-refractivity contribution in [2.24, 2.45) is 0 Å². The quantitative estimate of drug-likeness (QED) is 0.475. The molecule has 3 aliphatic heterocycles. The molecular formula is C26H45N5O. The number of unbranched alkanes of at least 4 members (excludes halogenated alkanes) is 3. The summed E-state index contributed by atoms with van der Waals surface area (Å²) >= 11 is 0. The summed E-state index contributed by atoms with van der Waals surface area (Å²) in [6, 6.07) is 1.81. The van der Waals surface area contributed by atoms with Crippen LogP contribution in [0, 0.1) is 0 Å². The van der Waals surface area contributed by atoms with Crippen LogP contribution in [-0.2, 0) is 4.74 Å². The van der Waals surface area contributed by atoms with Gasteiger partial charge in [0, 0.05) is 56.8 Å². The lowest BCUT2D eigenvalue weighted by Crippen LogP contribution is -2.56. The van der Waals surface area contributed by atoms with Gasteiger partial charge in [0.1, 0.15) is 0 Å². The van der Waals surface area contributed by atoms with Crippen molar-refractivity contribution in [3.05, 3.63) is 18.0 Å². The zero-order valence-electron chi connectivity index (χ0n) is 20.7. The summed E-state index contributed by atoms with van der Waals surface area (Å²) in [5.41, 5.74) is 1.34. The molecule has 1 aromatic rings. The maximum Gasteiger partial charge on any atom is 0.225 e. The van der Waals surface area contributed by atoms with Crippen molar-refractivity contribution in [2.45, 2.75) is 96.2 Å². The van der Waals surface area contributed by atoms with E-state index in [1.54, 1.807) is 0 Å². The van der Waals surface area contributed by atoms with Crippen molar-refractivity contribution >= 4 is 5.95 Å². The smallest absolute Gasteiger partial charge is 0.225 e. The number of fused-ring (bicyclic) bond motifs is 2. The molecule has 0 amide bonds. The number of likely N-dealkylation sites (tertiary alicyclic amines) is 2. The highest BCUT2D eigenvalue weighted by molar-refractivity contribution is 5.38. The van der Waals surface area contributed by atoms with E-state index in [2.05, 4.69) is 47.9 Å². The molecule has 0 N–H and O–H groups in total. The Balaban J connectivity index is 1.20. The van der Waals surface area contributed by atoms with Crippen molar-refractivity contribution in [3.63, 3.8) is 0 Å². The van der Waals surface area contributed by atoms with Gasteiger partial charge < -0.3 is 14.5 Å². The van der Waals surface area contributed by atoms with Gasteiger partial charge in [-0.15, -0.1) is 0 Å². The summed E-state index contributed by atoms with van der Waals surface area (Å²) in [6.45, 7) is 14.5. The minimum absolute atomic E-state index is 0.587. The van der Waals surface area contributed by atoms with Gasteiger partial charge in [-0.1, -0.05) is 12.8 Å². The van der Waals surface area contributed by atoms with Gasteiger partial charge in [0.05, 0.1) is 0 Å². The molecule has 0 saturated carbocycles. The Hall–Kier alpha value is -1.24. The number of nitrogens with zero attached hydrogens (tertiary/aromatic N) is 5. The predicted octanol–water partition coefficient (Wildman–Crippen LogP) is 4.31. The van der Waals surface area contributed by atoms with Crippen LogP contribution in [0.1, 0.15) is 83.6 Å². The lowest BCUT2D eigenvalue weighted by atomic mass is 9.91. The molecule has 180 valence electrons. The predicted molar refractivity (Wildman–Crippen MR) is 131 cm³/mol. The number of aromatic nitrogens is 2. The zero-order chi connectivity index (χ0) is 22.3. The van der Waals surface area contributed by atoms with E-state index in [4.69, 9.17) is 14.7 Å². The number of hydrogen-bond donors (Lipinski definition) is 0. The molecule has 1 aromatic heterocycles. The molecule has 4 rings (SSSR count). The van der Waals surface area contributed by atoms with Crippen molar-refractivity contribution < 1.29 is 4.74 Å². The van der Waals surface area contributed by atoms with E-state index in [0.717, 1.165) is 32.3 Å². The first-order chi connectivity index (χ1) is 15.7. The molecule has 0 aromatic carbocycles. The molecule has 3 fully saturated rings. The van der Waals surface area contributed by atoms with Gasteiger partial charge in [0.2, 0.25) is 5.95 Å². The fourth-order valence-corrected chi connectivity index (χ4v) is 5.89. The van der Waals surface area contributed by atoms with Crippen LogP contribution < -0.4 is 4.90 Å². The first kappa shape index (κ1) is 23.9. The van der Waals surface area contributed by atoms with E-state index in [-0.39, 0.29) is 0 Å². The van der Waals surface area contributed by atoms with Crippen LogP contribution in [0.4, 0.5) is 5.95 Å². The van der Waals surface area contributed by atoms with Gasteiger partial charge in [-0.3, -0.25) is 4.90 Å². The van der Waals surface area contributed by atoms with E-state index in [1.807, 2.05) is 0 Å². The van der Waals surface area contributed by atoms with Crippen molar-refractivity contribution in [2.75, 3.05) is 50.8 Å². The molecule has 6 heteroatoms.